The molecule has 1 unspecified atom stereocenters. The Hall–Kier alpha value is -2.23. The van der Waals surface area contributed by atoms with E-state index in [1.165, 1.54) is 19.2 Å². The van der Waals surface area contributed by atoms with Crippen molar-refractivity contribution < 1.29 is 23.0 Å². The average Bonchev–Trinajstić information content (AvgIpc) is 2.74. The van der Waals surface area contributed by atoms with Gasteiger partial charge in [-0.25, -0.2) is 13.6 Å². The third-order valence-corrected chi connectivity index (χ3v) is 5.91. The van der Waals surface area contributed by atoms with E-state index < -0.39 is 29.6 Å². The minimum absolute atomic E-state index is 0.0446. The van der Waals surface area contributed by atoms with Crippen LogP contribution in [0.15, 0.2) is 40.9 Å². The fourth-order valence-electron chi connectivity index (χ4n) is 3.81. The summed E-state index contributed by atoms with van der Waals surface area (Å²) < 4.78 is 40.7. The van der Waals surface area contributed by atoms with Gasteiger partial charge in [-0.1, -0.05) is 15.9 Å². The lowest BCUT2D eigenvalue weighted by Gasteiger charge is -2.39. The molecule has 9 heteroatoms. The van der Waals surface area contributed by atoms with Crippen molar-refractivity contribution in [2.45, 2.75) is 18.4 Å². The summed E-state index contributed by atoms with van der Waals surface area (Å²) in [4.78, 5) is 14.7. The van der Waals surface area contributed by atoms with E-state index >= 15 is 0 Å². The monoisotopic (exact) mass is 497 g/mol. The highest BCUT2D eigenvalue weighted by Crippen LogP contribution is 2.33. The molecule has 2 amide bonds. The topological polar surface area (TPSA) is 62.8 Å². The first-order valence-corrected chi connectivity index (χ1v) is 10.8. The summed E-state index contributed by atoms with van der Waals surface area (Å²) in [6.45, 7) is 2.24. The van der Waals surface area contributed by atoms with Crippen molar-refractivity contribution in [3.8, 4) is 5.75 Å². The molecule has 2 aromatic carbocycles. The highest BCUT2D eigenvalue weighted by Gasteiger charge is 2.35. The molecular formula is C22H26BrF2N3O3. The summed E-state index contributed by atoms with van der Waals surface area (Å²) in [6, 6.07) is 8.64. The molecule has 0 aromatic heterocycles. The number of rotatable bonds is 7. The molecule has 0 bridgehead atoms. The Bertz CT molecular complexity index is 875. The summed E-state index contributed by atoms with van der Waals surface area (Å²) in [5.74, 6) is -1.82. The average molecular weight is 498 g/mol. The van der Waals surface area contributed by atoms with Crippen molar-refractivity contribution in [3.05, 3.63) is 58.1 Å². The highest BCUT2D eigenvalue weighted by atomic mass is 79.9. The van der Waals surface area contributed by atoms with Gasteiger partial charge in [0.05, 0.1) is 13.7 Å². The third-order valence-electron chi connectivity index (χ3n) is 5.39. The number of benzene rings is 2. The Balaban J connectivity index is 1.80. The van der Waals surface area contributed by atoms with Crippen LogP contribution in [0.3, 0.4) is 0 Å². The summed E-state index contributed by atoms with van der Waals surface area (Å²) in [5.41, 5.74) is 0.577. The first-order chi connectivity index (χ1) is 14.9. The van der Waals surface area contributed by atoms with E-state index in [1.807, 2.05) is 12.1 Å². The number of likely N-dealkylation sites (tertiary alicyclic amines) is 1. The van der Waals surface area contributed by atoms with E-state index in [9.17, 15) is 13.6 Å². The van der Waals surface area contributed by atoms with Crippen LogP contribution >= 0.6 is 15.9 Å². The van der Waals surface area contributed by atoms with Gasteiger partial charge in [-0.2, -0.15) is 0 Å². The Morgan fingerprint density at radius 3 is 2.48 bits per heavy atom. The van der Waals surface area contributed by atoms with E-state index in [2.05, 4.69) is 31.5 Å². The van der Waals surface area contributed by atoms with Crippen LogP contribution in [0.25, 0.3) is 0 Å². The first-order valence-electron chi connectivity index (χ1n) is 9.98. The SMILES string of the molecule is COCCN1CC[C@@H](NC(=O)Nc2ccc(Br)cc2)C(c2c(F)cc(OC)cc2F)C1. The number of amides is 2. The molecule has 168 valence electrons. The smallest absolute Gasteiger partial charge is 0.319 e. The molecule has 1 saturated heterocycles. The molecule has 2 atom stereocenters. The van der Waals surface area contributed by atoms with Crippen LogP contribution in [0.5, 0.6) is 5.75 Å². The second-order valence-electron chi connectivity index (χ2n) is 7.41. The van der Waals surface area contributed by atoms with Crippen LogP contribution in [-0.2, 0) is 4.74 Å². The maximum Gasteiger partial charge on any atom is 0.319 e. The van der Waals surface area contributed by atoms with Gasteiger partial charge in [0.2, 0.25) is 0 Å². The third kappa shape index (κ3) is 6.15. The van der Waals surface area contributed by atoms with Crippen molar-refractivity contribution in [2.24, 2.45) is 0 Å². The van der Waals surface area contributed by atoms with Gasteiger partial charge in [0.25, 0.3) is 0 Å². The number of piperidine rings is 1. The van der Waals surface area contributed by atoms with Gasteiger partial charge in [0.1, 0.15) is 17.4 Å². The minimum Gasteiger partial charge on any atom is -0.497 e. The summed E-state index contributed by atoms with van der Waals surface area (Å²) in [6.07, 6.45) is 0.549. The molecule has 3 rings (SSSR count). The van der Waals surface area contributed by atoms with E-state index in [1.54, 1.807) is 19.2 Å². The number of nitrogens with one attached hydrogen (secondary N) is 2. The number of halogens is 3. The van der Waals surface area contributed by atoms with Crippen LogP contribution in [-0.4, -0.2) is 57.4 Å². The molecule has 0 aliphatic carbocycles. The molecule has 31 heavy (non-hydrogen) atoms. The van der Waals surface area contributed by atoms with Gasteiger partial charge in [0.15, 0.2) is 0 Å². The summed E-state index contributed by atoms with van der Waals surface area (Å²) in [5, 5.41) is 5.68. The van der Waals surface area contributed by atoms with Crippen molar-refractivity contribution in [2.75, 3.05) is 45.8 Å². The second kappa shape index (κ2) is 10.9. The fraction of sp³-hybridized carbons (Fsp3) is 0.409. The van der Waals surface area contributed by atoms with Crippen molar-refractivity contribution >= 4 is 27.6 Å². The Morgan fingerprint density at radius 1 is 1.19 bits per heavy atom. The summed E-state index contributed by atoms with van der Waals surface area (Å²) in [7, 11) is 2.97. The molecule has 0 saturated carbocycles. The van der Waals surface area contributed by atoms with Gasteiger partial charge < -0.3 is 25.0 Å². The normalized spacial score (nSPS) is 19.1. The standard InChI is InChI=1S/C22H26BrF2N3O3/c1-30-10-9-28-8-7-20(27-22(29)26-15-5-3-14(23)4-6-15)17(13-28)21-18(24)11-16(31-2)12-19(21)25/h3-6,11-12,17,20H,7-10,13H2,1-2H3,(H2,26,27,29)/t17?,20-/m1/s1. The minimum atomic E-state index is -0.685. The van der Waals surface area contributed by atoms with Crippen LogP contribution in [0.4, 0.5) is 19.3 Å². The highest BCUT2D eigenvalue weighted by molar-refractivity contribution is 9.10. The van der Waals surface area contributed by atoms with E-state index in [0.29, 0.717) is 38.3 Å². The number of hydrogen-bond donors (Lipinski definition) is 2. The lowest BCUT2D eigenvalue weighted by molar-refractivity contribution is 0.116. The van der Waals surface area contributed by atoms with Gasteiger partial charge in [-0.15, -0.1) is 0 Å². The van der Waals surface area contributed by atoms with Gasteiger partial charge in [-0.05, 0) is 30.7 Å². The number of urea groups is 1. The molecule has 0 spiro atoms. The summed E-state index contributed by atoms with van der Waals surface area (Å²) >= 11 is 3.35. The lowest BCUT2D eigenvalue weighted by atomic mass is 9.85. The molecule has 1 fully saturated rings. The number of carbonyl (C=O) groups is 1. The number of anilines is 1. The molecule has 6 nitrogen and oxygen atoms in total. The molecule has 2 aromatic rings. The number of hydrogen-bond acceptors (Lipinski definition) is 4. The quantitative estimate of drug-likeness (QED) is 0.596. The van der Waals surface area contributed by atoms with Crippen molar-refractivity contribution in [3.63, 3.8) is 0 Å². The van der Waals surface area contributed by atoms with E-state index in [0.717, 1.165) is 4.47 Å². The number of nitrogens with zero attached hydrogens (tertiary/aromatic N) is 1. The van der Waals surface area contributed by atoms with Crippen LogP contribution < -0.4 is 15.4 Å². The molecular weight excluding hydrogens is 472 g/mol. The van der Waals surface area contributed by atoms with Crippen LogP contribution in [0.1, 0.15) is 17.9 Å². The maximum absolute atomic E-state index is 14.9. The Morgan fingerprint density at radius 2 is 1.87 bits per heavy atom. The van der Waals surface area contributed by atoms with Crippen molar-refractivity contribution in [1.29, 1.82) is 0 Å². The Labute approximate surface area is 189 Å². The lowest BCUT2D eigenvalue weighted by Crippen LogP contribution is -2.51. The van der Waals surface area contributed by atoms with Crippen molar-refractivity contribution in [1.82, 2.24) is 10.2 Å². The molecule has 1 heterocycles. The second-order valence-corrected chi connectivity index (χ2v) is 8.32. The molecule has 1 aliphatic heterocycles. The van der Waals surface area contributed by atoms with E-state index in [4.69, 9.17) is 9.47 Å². The molecule has 1 aliphatic rings. The van der Waals surface area contributed by atoms with Crippen LogP contribution in [0.2, 0.25) is 0 Å². The van der Waals surface area contributed by atoms with E-state index in [-0.39, 0.29) is 11.3 Å². The fourth-order valence-corrected chi connectivity index (χ4v) is 4.07. The molecule has 0 radical (unpaired) electrons. The van der Waals surface area contributed by atoms with Crippen LogP contribution in [0, 0.1) is 11.6 Å². The number of methoxy groups -OCH3 is 2. The first kappa shape index (κ1) is 23.4. The predicted octanol–water partition coefficient (Wildman–Crippen LogP) is 4.36. The largest absolute Gasteiger partial charge is 0.497 e. The predicted molar refractivity (Wildman–Crippen MR) is 119 cm³/mol. The maximum atomic E-state index is 14.9. The zero-order valence-electron chi connectivity index (χ0n) is 17.5. The van der Waals surface area contributed by atoms with Gasteiger partial charge >= 0.3 is 6.03 Å². The Kier molecular flexibility index (Phi) is 8.22. The van der Waals surface area contributed by atoms with Gasteiger partial charge in [-0.3, -0.25) is 0 Å². The zero-order valence-corrected chi connectivity index (χ0v) is 19.0. The van der Waals surface area contributed by atoms with Gasteiger partial charge in [0, 0.05) is 66.6 Å². The number of ether oxygens (including phenoxy) is 2. The zero-order chi connectivity index (χ0) is 22.4. The number of carbonyl (C=O) groups excluding carboxylic acids is 1. The molecule has 2 N–H and O–H groups in total.